The number of nitrogens with one attached hydrogen (secondary N) is 3. The third-order valence-electron chi connectivity index (χ3n) is 5.63. The SMILES string of the molecule is O=S(=O)(c1ccccc1)C(Nc1nc(Nc2cccc(C(F)(F)F)c2)nc(OCC(F)(F)F)n1)C1CCNC1. The predicted octanol–water partition coefficient (Wildman–Crippen LogP) is 4.40. The molecule has 0 bridgehead atoms. The summed E-state index contributed by atoms with van der Waals surface area (Å²) < 4.78 is 109. The second-order valence-corrected chi connectivity index (χ2v) is 10.6. The fraction of sp³-hybridized carbons (Fsp3) is 0.348. The van der Waals surface area contributed by atoms with E-state index in [1.165, 1.54) is 18.2 Å². The van der Waals surface area contributed by atoms with Gasteiger partial charge >= 0.3 is 18.4 Å². The Morgan fingerprint density at radius 1 is 0.974 bits per heavy atom. The van der Waals surface area contributed by atoms with Gasteiger partial charge in [0.15, 0.2) is 16.4 Å². The normalized spacial score (nSPS) is 17.0. The fourth-order valence-electron chi connectivity index (χ4n) is 3.86. The first-order valence-electron chi connectivity index (χ1n) is 11.5. The molecule has 2 aromatic carbocycles. The topological polar surface area (TPSA) is 118 Å². The van der Waals surface area contributed by atoms with Gasteiger partial charge in [-0.1, -0.05) is 24.3 Å². The molecule has 1 aliphatic heterocycles. The lowest BCUT2D eigenvalue weighted by Gasteiger charge is -2.24. The van der Waals surface area contributed by atoms with Gasteiger partial charge in [0.2, 0.25) is 11.9 Å². The lowest BCUT2D eigenvalue weighted by atomic mass is 10.1. The smallest absolute Gasteiger partial charge is 0.422 e. The van der Waals surface area contributed by atoms with E-state index in [1.54, 1.807) is 18.2 Å². The summed E-state index contributed by atoms with van der Waals surface area (Å²) in [6, 6.07) is 10.7. The average molecular weight is 577 g/mol. The molecule has 0 spiro atoms. The number of rotatable bonds is 9. The zero-order valence-corrected chi connectivity index (χ0v) is 20.7. The number of halogens is 6. The van der Waals surface area contributed by atoms with Crippen LogP contribution in [0.4, 0.5) is 43.9 Å². The highest BCUT2D eigenvalue weighted by Crippen LogP contribution is 2.32. The zero-order valence-electron chi connectivity index (χ0n) is 19.9. The van der Waals surface area contributed by atoms with Crippen molar-refractivity contribution in [1.82, 2.24) is 20.3 Å². The van der Waals surface area contributed by atoms with E-state index in [0.29, 0.717) is 19.5 Å². The predicted molar refractivity (Wildman–Crippen MR) is 128 cm³/mol. The summed E-state index contributed by atoms with van der Waals surface area (Å²) in [6.45, 7) is -0.911. The van der Waals surface area contributed by atoms with Crippen molar-refractivity contribution in [3.8, 4) is 6.01 Å². The van der Waals surface area contributed by atoms with Gasteiger partial charge in [0.05, 0.1) is 10.5 Å². The Labute approximate surface area is 218 Å². The third kappa shape index (κ3) is 7.47. The van der Waals surface area contributed by atoms with Crippen LogP contribution in [0.2, 0.25) is 0 Å². The summed E-state index contributed by atoms with van der Waals surface area (Å²) in [4.78, 5) is 11.5. The molecule has 16 heteroatoms. The van der Waals surface area contributed by atoms with Crippen LogP contribution in [0.15, 0.2) is 59.5 Å². The van der Waals surface area contributed by atoms with Crippen molar-refractivity contribution in [3.63, 3.8) is 0 Å². The van der Waals surface area contributed by atoms with Crippen LogP contribution in [-0.4, -0.2) is 54.6 Å². The van der Waals surface area contributed by atoms with E-state index >= 15 is 0 Å². The second kappa shape index (κ2) is 11.2. The summed E-state index contributed by atoms with van der Waals surface area (Å²) in [6.07, 6.45) is -8.94. The molecule has 1 saturated heterocycles. The van der Waals surface area contributed by atoms with Crippen molar-refractivity contribution >= 4 is 27.4 Å². The number of hydrogen-bond donors (Lipinski definition) is 3. The Kier molecular flexibility index (Phi) is 8.15. The molecule has 2 heterocycles. The minimum absolute atomic E-state index is 0.000634. The molecule has 3 N–H and O–H groups in total. The molecule has 210 valence electrons. The molecule has 9 nitrogen and oxygen atoms in total. The van der Waals surface area contributed by atoms with Gasteiger partial charge in [0.1, 0.15) is 5.37 Å². The molecule has 1 fully saturated rings. The molecular formula is C23H22F6N6O3S. The monoisotopic (exact) mass is 576 g/mol. The molecule has 2 atom stereocenters. The van der Waals surface area contributed by atoms with Crippen LogP contribution in [0.5, 0.6) is 6.01 Å². The van der Waals surface area contributed by atoms with Gasteiger partial charge in [-0.25, -0.2) is 8.42 Å². The van der Waals surface area contributed by atoms with E-state index in [-0.39, 0.29) is 10.6 Å². The molecule has 1 aliphatic rings. The minimum Gasteiger partial charge on any atom is -0.454 e. The van der Waals surface area contributed by atoms with Gasteiger partial charge in [-0.05, 0) is 43.3 Å². The van der Waals surface area contributed by atoms with Gasteiger partial charge in [-0.3, -0.25) is 0 Å². The van der Waals surface area contributed by atoms with Crippen molar-refractivity contribution in [2.45, 2.75) is 29.0 Å². The molecule has 0 radical (unpaired) electrons. The highest BCUT2D eigenvalue weighted by Gasteiger charge is 2.37. The molecule has 3 aromatic rings. The molecular weight excluding hydrogens is 554 g/mol. The van der Waals surface area contributed by atoms with Crippen LogP contribution >= 0.6 is 0 Å². The number of hydrogen-bond acceptors (Lipinski definition) is 9. The highest BCUT2D eigenvalue weighted by molar-refractivity contribution is 7.92. The van der Waals surface area contributed by atoms with Crippen molar-refractivity contribution in [1.29, 1.82) is 0 Å². The summed E-state index contributed by atoms with van der Waals surface area (Å²) in [5, 5.41) is 6.93. The average Bonchev–Trinajstić information content (AvgIpc) is 3.40. The van der Waals surface area contributed by atoms with Crippen LogP contribution in [-0.2, 0) is 16.0 Å². The number of nitrogens with zero attached hydrogens (tertiary/aromatic N) is 3. The first-order chi connectivity index (χ1) is 18.3. The molecule has 0 saturated carbocycles. The first kappa shape index (κ1) is 28.4. The summed E-state index contributed by atoms with van der Waals surface area (Å²) >= 11 is 0. The zero-order chi connectivity index (χ0) is 28.3. The highest BCUT2D eigenvalue weighted by atomic mass is 32.2. The Balaban J connectivity index is 1.70. The number of ether oxygens (including phenoxy) is 1. The van der Waals surface area contributed by atoms with E-state index in [2.05, 4.69) is 35.6 Å². The summed E-state index contributed by atoms with van der Waals surface area (Å²) in [7, 11) is -4.04. The third-order valence-corrected chi connectivity index (χ3v) is 7.73. The van der Waals surface area contributed by atoms with Crippen LogP contribution in [0.25, 0.3) is 0 Å². The number of anilines is 3. The van der Waals surface area contributed by atoms with Crippen LogP contribution < -0.4 is 20.7 Å². The number of alkyl halides is 6. The molecule has 2 unspecified atom stereocenters. The Morgan fingerprint density at radius 3 is 2.33 bits per heavy atom. The molecule has 4 rings (SSSR count). The van der Waals surface area contributed by atoms with Gasteiger partial charge < -0.3 is 20.7 Å². The van der Waals surface area contributed by atoms with Gasteiger partial charge in [-0.15, -0.1) is 0 Å². The van der Waals surface area contributed by atoms with E-state index in [0.717, 1.165) is 18.2 Å². The maximum Gasteiger partial charge on any atom is 0.422 e. The standard InChI is InChI=1S/C23H22F6N6O3S/c24-22(25,26)13-38-21-34-19(31-16-6-4-5-15(11-16)23(27,28)29)33-20(35-21)32-18(14-9-10-30-12-14)39(36,37)17-7-2-1-3-8-17/h1-8,11,14,18,30H,9-10,12-13H2,(H2,31,32,33,34,35). The fourth-order valence-corrected chi connectivity index (χ4v) is 5.69. The van der Waals surface area contributed by atoms with Gasteiger partial charge in [0.25, 0.3) is 0 Å². The van der Waals surface area contributed by atoms with Crippen molar-refractivity contribution in [3.05, 3.63) is 60.2 Å². The molecule has 0 amide bonds. The second-order valence-electron chi connectivity index (χ2n) is 8.55. The number of sulfone groups is 1. The Hall–Kier alpha value is -3.66. The van der Waals surface area contributed by atoms with Crippen molar-refractivity contribution < 1.29 is 39.5 Å². The van der Waals surface area contributed by atoms with E-state index in [1.807, 2.05) is 0 Å². The maximum absolute atomic E-state index is 13.5. The van der Waals surface area contributed by atoms with Crippen LogP contribution in [0.1, 0.15) is 12.0 Å². The molecule has 1 aromatic heterocycles. The minimum atomic E-state index is -4.75. The maximum atomic E-state index is 13.5. The summed E-state index contributed by atoms with van der Waals surface area (Å²) in [5.41, 5.74) is -1.12. The largest absolute Gasteiger partial charge is 0.454 e. The lowest BCUT2D eigenvalue weighted by Crippen LogP contribution is -2.39. The van der Waals surface area contributed by atoms with Gasteiger partial charge in [0, 0.05) is 18.2 Å². The van der Waals surface area contributed by atoms with E-state index < -0.39 is 63.6 Å². The van der Waals surface area contributed by atoms with Gasteiger partial charge in [-0.2, -0.15) is 41.3 Å². The van der Waals surface area contributed by atoms with E-state index in [9.17, 15) is 34.8 Å². The first-order valence-corrected chi connectivity index (χ1v) is 13.0. The Morgan fingerprint density at radius 2 is 1.69 bits per heavy atom. The number of benzene rings is 2. The van der Waals surface area contributed by atoms with Crippen molar-refractivity contribution in [2.75, 3.05) is 30.3 Å². The van der Waals surface area contributed by atoms with Crippen LogP contribution in [0, 0.1) is 5.92 Å². The number of aromatic nitrogens is 3. The summed E-state index contributed by atoms with van der Waals surface area (Å²) in [5.74, 6) is -1.39. The van der Waals surface area contributed by atoms with Crippen LogP contribution in [0.3, 0.4) is 0 Å². The molecule has 0 aliphatic carbocycles. The molecule has 39 heavy (non-hydrogen) atoms. The Bertz CT molecular complexity index is 1380. The lowest BCUT2D eigenvalue weighted by molar-refractivity contribution is -0.154. The van der Waals surface area contributed by atoms with E-state index in [4.69, 9.17) is 0 Å². The quantitative estimate of drug-likeness (QED) is 0.319. The van der Waals surface area contributed by atoms with Crippen molar-refractivity contribution in [2.24, 2.45) is 5.92 Å².